The molecule has 5 heteroatoms. The second kappa shape index (κ2) is 6.47. The minimum absolute atomic E-state index is 0.00826. The van der Waals surface area contributed by atoms with Crippen molar-refractivity contribution in [1.82, 2.24) is 15.7 Å². The van der Waals surface area contributed by atoms with E-state index in [1.807, 2.05) is 24.3 Å². The third-order valence-corrected chi connectivity index (χ3v) is 5.34. The lowest BCUT2D eigenvalue weighted by Gasteiger charge is -2.44. The highest BCUT2D eigenvalue weighted by molar-refractivity contribution is 6.31. The first-order valence-corrected chi connectivity index (χ1v) is 8.77. The van der Waals surface area contributed by atoms with Gasteiger partial charge in [0, 0.05) is 30.2 Å². The van der Waals surface area contributed by atoms with Crippen molar-refractivity contribution in [1.29, 1.82) is 0 Å². The Morgan fingerprint density at radius 1 is 1.12 bits per heavy atom. The normalized spacial score (nSPS) is 27.7. The van der Waals surface area contributed by atoms with Crippen molar-refractivity contribution in [3.8, 4) is 0 Å². The van der Waals surface area contributed by atoms with Gasteiger partial charge in [-0.25, -0.2) is 0 Å². The highest BCUT2D eigenvalue weighted by Crippen LogP contribution is 2.29. The number of rotatable bonds is 2. The minimum atomic E-state index is -0.484. The quantitative estimate of drug-likeness (QED) is 0.879. The summed E-state index contributed by atoms with van der Waals surface area (Å²) < 4.78 is 0. The Balaban J connectivity index is 1.45. The molecule has 0 bridgehead atoms. The molecule has 4 nitrogen and oxygen atoms in total. The zero-order chi connectivity index (χ0) is 16.6. The molecular weight excluding hydrogens is 322 g/mol. The van der Waals surface area contributed by atoms with E-state index in [1.54, 1.807) is 0 Å². The Kier molecular flexibility index (Phi) is 4.33. The van der Waals surface area contributed by atoms with Gasteiger partial charge in [-0.15, -0.1) is 0 Å². The van der Waals surface area contributed by atoms with Gasteiger partial charge in [0.25, 0.3) is 0 Å². The molecular formula is C19H22ClN3O. The molecule has 2 heterocycles. The van der Waals surface area contributed by atoms with E-state index in [0.29, 0.717) is 0 Å². The van der Waals surface area contributed by atoms with Crippen molar-refractivity contribution in [2.24, 2.45) is 0 Å². The number of nitrogens with zero attached hydrogens (tertiary/aromatic N) is 1. The fourth-order valence-electron chi connectivity index (χ4n) is 3.54. The van der Waals surface area contributed by atoms with Crippen LogP contribution in [0.25, 0.3) is 0 Å². The molecule has 2 aliphatic heterocycles. The van der Waals surface area contributed by atoms with Crippen molar-refractivity contribution in [3.05, 3.63) is 70.2 Å². The van der Waals surface area contributed by atoms with Crippen LogP contribution in [0, 0.1) is 0 Å². The van der Waals surface area contributed by atoms with Crippen LogP contribution >= 0.6 is 11.6 Å². The summed E-state index contributed by atoms with van der Waals surface area (Å²) in [5.41, 5.74) is 6.54. The third kappa shape index (κ3) is 2.96. The summed E-state index contributed by atoms with van der Waals surface area (Å²) in [5, 5.41) is 4.29. The molecule has 126 valence electrons. The predicted octanol–water partition coefficient (Wildman–Crippen LogP) is 3.02. The molecule has 1 fully saturated rings. The van der Waals surface area contributed by atoms with Crippen molar-refractivity contribution >= 4 is 11.6 Å². The summed E-state index contributed by atoms with van der Waals surface area (Å²) in [7, 11) is 0. The molecule has 2 atom stereocenters. The highest BCUT2D eigenvalue weighted by atomic mass is 35.5. The van der Waals surface area contributed by atoms with Crippen molar-refractivity contribution in [3.63, 3.8) is 0 Å². The van der Waals surface area contributed by atoms with E-state index in [4.69, 9.17) is 16.4 Å². The van der Waals surface area contributed by atoms with Gasteiger partial charge in [-0.2, -0.15) is 5.48 Å². The lowest BCUT2D eigenvalue weighted by molar-refractivity contribution is -0.180. The van der Waals surface area contributed by atoms with Gasteiger partial charge in [0.05, 0.1) is 0 Å². The van der Waals surface area contributed by atoms with Gasteiger partial charge in [0.15, 0.2) is 0 Å². The topological polar surface area (TPSA) is 36.5 Å². The van der Waals surface area contributed by atoms with E-state index in [0.717, 1.165) is 36.6 Å². The van der Waals surface area contributed by atoms with Crippen LogP contribution in [0.5, 0.6) is 0 Å². The first-order valence-electron chi connectivity index (χ1n) is 8.39. The van der Waals surface area contributed by atoms with E-state index in [-0.39, 0.29) is 6.23 Å². The van der Waals surface area contributed by atoms with Gasteiger partial charge in [0.1, 0.15) is 11.9 Å². The van der Waals surface area contributed by atoms with Crippen molar-refractivity contribution in [2.45, 2.75) is 31.8 Å². The van der Waals surface area contributed by atoms with Gasteiger partial charge < -0.3 is 0 Å². The van der Waals surface area contributed by atoms with Gasteiger partial charge >= 0.3 is 0 Å². The van der Waals surface area contributed by atoms with Crippen LogP contribution in [0.1, 0.15) is 23.6 Å². The first kappa shape index (κ1) is 16.1. The van der Waals surface area contributed by atoms with Crippen molar-refractivity contribution < 1.29 is 4.84 Å². The number of benzene rings is 2. The fraction of sp³-hybridized carbons (Fsp3) is 0.368. The van der Waals surface area contributed by atoms with Gasteiger partial charge in [0.2, 0.25) is 0 Å². The maximum Gasteiger partial charge on any atom is 0.145 e. The van der Waals surface area contributed by atoms with Crippen LogP contribution in [0.2, 0.25) is 5.02 Å². The summed E-state index contributed by atoms with van der Waals surface area (Å²) in [4.78, 5) is 8.38. The third-order valence-electron chi connectivity index (χ3n) is 5.01. The largest absolute Gasteiger partial charge is 0.290 e. The van der Waals surface area contributed by atoms with Crippen LogP contribution < -0.4 is 10.8 Å². The Labute approximate surface area is 147 Å². The molecule has 2 unspecified atom stereocenters. The van der Waals surface area contributed by atoms with E-state index in [1.165, 1.54) is 11.1 Å². The average Bonchev–Trinajstić information content (AvgIpc) is 2.62. The molecule has 2 aliphatic rings. The standard InChI is InChI=1S/C19H22ClN3O/c1-19(16-8-4-5-9-17(16)20)21-12-18(24-22-19)23-11-10-14-6-2-3-7-15(14)13-23/h2-9,18,21-22H,10-13H2,1H3. The highest BCUT2D eigenvalue weighted by Gasteiger charge is 2.36. The van der Waals surface area contributed by atoms with Crippen molar-refractivity contribution in [2.75, 3.05) is 13.1 Å². The SMILES string of the molecule is CC1(c2ccccc2Cl)NCC(N2CCc3ccccc3C2)ON1. The second-order valence-electron chi connectivity index (χ2n) is 6.65. The van der Waals surface area contributed by atoms with Crippen LogP contribution in [0.4, 0.5) is 0 Å². The molecule has 0 radical (unpaired) electrons. The summed E-state index contributed by atoms with van der Waals surface area (Å²) in [6, 6.07) is 16.5. The molecule has 0 saturated carbocycles. The summed E-state index contributed by atoms with van der Waals surface area (Å²) in [6.45, 7) is 4.73. The van der Waals surface area contributed by atoms with Crippen LogP contribution in [-0.2, 0) is 23.5 Å². The van der Waals surface area contributed by atoms with Gasteiger partial charge in [-0.3, -0.25) is 15.1 Å². The zero-order valence-electron chi connectivity index (χ0n) is 13.8. The first-order chi connectivity index (χ1) is 11.7. The fourth-order valence-corrected chi connectivity index (χ4v) is 3.86. The molecule has 2 aromatic carbocycles. The lowest BCUT2D eigenvalue weighted by atomic mass is 9.99. The molecule has 0 aliphatic carbocycles. The average molecular weight is 344 g/mol. The molecule has 2 aromatic rings. The molecule has 1 saturated heterocycles. The van der Waals surface area contributed by atoms with E-state index >= 15 is 0 Å². The Hall–Kier alpha value is -1.43. The monoisotopic (exact) mass is 343 g/mol. The summed E-state index contributed by atoms with van der Waals surface area (Å²) in [6.07, 6.45) is 1.08. The number of hydrogen-bond donors (Lipinski definition) is 2. The van der Waals surface area contributed by atoms with E-state index in [9.17, 15) is 0 Å². The Morgan fingerprint density at radius 2 is 1.88 bits per heavy atom. The minimum Gasteiger partial charge on any atom is -0.290 e. The molecule has 0 spiro atoms. The number of hydrogen-bond acceptors (Lipinski definition) is 4. The molecule has 0 aromatic heterocycles. The van der Waals surface area contributed by atoms with Gasteiger partial charge in [-0.05, 0) is 30.5 Å². The van der Waals surface area contributed by atoms with Crippen LogP contribution in [0.15, 0.2) is 48.5 Å². The van der Waals surface area contributed by atoms with Gasteiger partial charge in [-0.1, -0.05) is 54.1 Å². The Morgan fingerprint density at radius 3 is 2.62 bits per heavy atom. The van der Waals surface area contributed by atoms with E-state index in [2.05, 4.69) is 46.9 Å². The van der Waals surface area contributed by atoms with Crippen LogP contribution in [0.3, 0.4) is 0 Å². The number of hydroxylamine groups is 1. The second-order valence-corrected chi connectivity index (χ2v) is 7.06. The number of fused-ring (bicyclic) bond motifs is 1. The Bertz CT molecular complexity index is 728. The summed E-state index contributed by atoms with van der Waals surface area (Å²) in [5.74, 6) is 0. The predicted molar refractivity (Wildman–Crippen MR) is 95.4 cm³/mol. The zero-order valence-corrected chi connectivity index (χ0v) is 14.5. The number of halogens is 1. The molecule has 24 heavy (non-hydrogen) atoms. The number of nitrogens with one attached hydrogen (secondary N) is 2. The lowest BCUT2D eigenvalue weighted by Crippen LogP contribution is -2.64. The maximum atomic E-state index is 6.34. The van der Waals surface area contributed by atoms with E-state index < -0.39 is 5.66 Å². The maximum absolute atomic E-state index is 6.34. The molecule has 0 amide bonds. The summed E-state index contributed by atoms with van der Waals surface area (Å²) >= 11 is 6.34. The smallest absolute Gasteiger partial charge is 0.145 e. The van der Waals surface area contributed by atoms with Crippen LogP contribution in [-0.4, -0.2) is 24.2 Å². The molecule has 4 rings (SSSR count). The molecule has 2 N–H and O–H groups in total.